The monoisotopic (exact) mass is 253 g/mol. The van der Waals surface area contributed by atoms with E-state index < -0.39 is 0 Å². The highest BCUT2D eigenvalue weighted by Gasteiger charge is 2.11. The summed E-state index contributed by atoms with van der Waals surface area (Å²) in [6.07, 6.45) is 0. The van der Waals surface area contributed by atoms with E-state index in [-0.39, 0.29) is 0 Å². The fourth-order valence-corrected chi connectivity index (χ4v) is 2.03. The van der Waals surface area contributed by atoms with Gasteiger partial charge in [-0.25, -0.2) is 4.52 Å². The van der Waals surface area contributed by atoms with Crippen molar-refractivity contribution in [1.29, 1.82) is 0 Å². The largest absolute Gasteiger partial charge is 0.235 e. The van der Waals surface area contributed by atoms with Gasteiger partial charge in [0.05, 0.1) is 11.2 Å². The first-order valence-corrected chi connectivity index (χ1v) is 4.91. The van der Waals surface area contributed by atoms with Crippen molar-refractivity contribution in [3.63, 3.8) is 0 Å². The van der Waals surface area contributed by atoms with Crippen molar-refractivity contribution in [3.05, 3.63) is 32.9 Å². The summed E-state index contributed by atoms with van der Waals surface area (Å²) in [4.78, 5) is 10.6. The van der Waals surface area contributed by atoms with Gasteiger partial charge in [0.1, 0.15) is 0 Å². The molecule has 0 saturated carbocycles. The molecule has 0 saturated heterocycles. The molecule has 0 spiro atoms. The van der Waals surface area contributed by atoms with E-state index in [2.05, 4.69) is 26.2 Å². The van der Waals surface area contributed by atoms with Crippen molar-refractivity contribution in [2.75, 3.05) is 0 Å². The maximum absolute atomic E-state index is 10.6. The van der Waals surface area contributed by atoms with Crippen LogP contribution in [0.4, 0.5) is 5.69 Å². The number of nitroso groups, excluding NO2 is 1. The van der Waals surface area contributed by atoms with Gasteiger partial charge in [-0.1, -0.05) is 15.9 Å². The third-order valence-electron chi connectivity index (χ3n) is 2.11. The molecule has 0 atom stereocenters. The molecule has 0 fully saturated rings. The lowest BCUT2D eigenvalue weighted by atomic mass is 10.3. The van der Waals surface area contributed by atoms with E-state index in [0.717, 1.165) is 15.7 Å². The third-order valence-corrected chi connectivity index (χ3v) is 2.57. The predicted octanol–water partition coefficient (Wildman–Crippen LogP) is 3.11. The molecule has 2 rings (SSSR count). The first-order chi connectivity index (χ1) is 6.63. The van der Waals surface area contributed by atoms with E-state index in [4.69, 9.17) is 0 Å². The quantitative estimate of drug-likeness (QED) is 0.734. The standard InChI is InChI=1S/C9H8BrN3O/c1-5-3-7(10)4-8-9(12-14)6(2)11-13(5)8/h3-4H,1-2H3. The normalized spacial score (nSPS) is 10.8. The van der Waals surface area contributed by atoms with Crippen molar-refractivity contribution >= 4 is 27.1 Å². The zero-order valence-corrected chi connectivity index (χ0v) is 9.37. The zero-order chi connectivity index (χ0) is 10.3. The van der Waals surface area contributed by atoms with Gasteiger partial charge in [-0.05, 0) is 31.2 Å². The molecular weight excluding hydrogens is 246 g/mol. The Kier molecular flexibility index (Phi) is 2.11. The molecule has 0 bridgehead atoms. The van der Waals surface area contributed by atoms with E-state index in [1.54, 1.807) is 11.4 Å². The number of hydrogen-bond donors (Lipinski definition) is 0. The molecule has 0 aliphatic heterocycles. The van der Waals surface area contributed by atoms with E-state index in [1.807, 2.05) is 19.1 Å². The molecule has 14 heavy (non-hydrogen) atoms. The lowest BCUT2D eigenvalue weighted by Gasteiger charge is -1.99. The second-order valence-corrected chi connectivity index (χ2v) is 4.05. The summed E-state index contributed by atoms with van der Waals surface area (Å²) in [5, 5.41) is 7.21. The number of pyridine rings is 1. The molecule has 0 unspecified atom stereocenters. The second-order valence-electron chi connectivity index (χ2n) is 3.14. The summed E-state index contributed by atoms with van der Waals surface area (Å²) in [5.41, 5.74) is 2.77. The van der Waals surface area contributed by atoms with Crippen LogP contribution in [0, 0.1) is 18.8 Å². The fraction of sp³-hybridized carbons (Fsp3) is 0.222. The van der Waals surface area contributed by atoms with Gasteiger partial charge in [0.2, 0.25) is 0 Å². The van der Waals surface area contributed by atoms with Crippen LogP contribution in [0.15, 0.2) is 21.8 Å². The number of nitrogens with zero attached hydrogens (tertiary/aromatic N) is 3. The van der Waals surface area contributed by atoms with Crippen LogP contribution in [-0.4, -0.2) is 9.61 Å². The summed E-state index contributed by atoms with van der Waals surface area (Å²) in [7, 11) is 0. The van der Waals surface area contributed by atoms with Crippen LogP contribution in [0.2, 0.25) is 0 Å². The van der Waals surface area contributed by atoms with Gasteiger partial charge in [-0.2, -0.15) is 5.10 Å². The number of hydrogen-bond acceptors (Lipinski definition) is 3. The van der Waals surface area contributed by atoms with E-state index in [0.29, 0.717) is 11.4 Å². The highest BCUT2D eigenvalue weighted by Crippen LogP contribution is 2.27. The van der Waals surface area contributed by atoms with Crippen LogP contribution < -0.4 is 0 Å². The number of aryl methyl sites for hydroxylation is 2. The molecule has 0 N–H and O–H groups in total. The third kappa shape index (κ3) is 1.24. The van der Waals surface area contributed by atoms with Crippen molar-refractivity contribution in [2.45, 2.75) is 13.8 Å². The lowest BCUT2D eigenvalue weighted by Crippen LogP contribution is -1.92. The minimum atomic E-state index is 0.411. The molecule has 0 radical (unpaired) electrons. The second kappa shape index (κ2) is 3.16. The summed E-state index contributed by atoms with van der Waals surface area (Å²) in [5.74, 6) is 0. The van der Waals surface area contributed by atoms with Crippen molar-refractivity contribution in [2.24, 2.45) is 5.18 Å². The number of aromatic nitrogens is 2. The molecule has 0 aliphatic carbocycles. The molecule has 0 amide bonds. The number of halogens is 1. The molecule has 2 aromatic heterocycles. The Hall–Kier alpha value is -1.23. The van der Waals surface area contributed by atoms with Crippen molar-refractivity contribution < 1.29 is 0 Å². The Bertz CT molecular complexity index is 518. The molecule has 5 heteroatoms. The summed E-state index contributed by atoms with van der Waals surface area (Å²) in [6.45, 7) is 3.70. The molecular formula is C9H8BrN3O. The van der Waals surface area contributed by atoms with Crippen LogP contribution in [-0.2, 0) is 0 Å². The molecule has 0 aliphatic rings. The van der Waals surface area contributed by atoms with Gasteiger partial charge in [0, 0.05) is 10.2 Å². The molecule has 0 aromatic carbocycles. The first kappa shape index (κ1) is 9.33. The van der Waals surface area contributed by atoms with Crippen LogP contribution in [0.25, 0.3) is 5.52 Å². The Morgan fingerprint density at radius 3 is 2.79 bits per heavy atom. The Morgan fingerprint density at radius 2 is 2.14 bits per heavy atom. The van der Waals surface area contributed by atoms with Gasteiger partial charge in [0.15, 0.2) is 5.69 Å². The van der Waals surface area contributed by atoms with E-state index in [9.17, 15) is 4.91 Å². The van der Waals surface area contributed by atoms with Gasteiger partial charge >= 0.3 is 0 Å². The highest BCUT2D eigenvalue weighted by atomic mass is 79.9. The van der Waals surface area contributed by atoms with E-state index in [1.165, 1.54) is 0 Å². The van der Waals surface area contributed by atoms with Gasteiger partial charge in [0.25, 0.3) is 0 Å². The summed E-state index contributed by atoms with van der Waals surface area (Å²) < 4.78 is 2.64. The SMILES string of the molecule is Cc1nn2c(C)cc(Br)cc2c1N=O. The smallest absolute Gasteiger partial charge is 0.156 e. The molecule has 2 heterocycles. The van der Waals surface area contributed by atoms with Crippen LogP contribution in [0.5, 0.6) is 0 Å². The topological polar surface area (TPSA) is 46.7 Å². The fourth-order valence-electron chi connectivity index (χ4n) is 1.48. The average molecular weight is 254 g/mol. The molecule has 4 nitrogen and oxygen atoms in total. The van der Waals surface area contributed by atoms with Gasteiger partial charge < -0.3 is 0 Å². The van der Waals surface area contributed by atoms with Crippen LogP contribution in [0.1, 0.15) is 11.4 Å². The van der Waals surface area contributed by atoms with Crippen molar-refractivity contribution in [3.8, 4) is 0 Å². The van der Waals surface area contributed by atoms with Gasteiger partial charge in [-0.3, -0.25) is 0 Å². The zero-order valence-electron chi connectivity index (χ0n) is 7.78. The number of rotatable bonds is 1. The Morgan fingerprint density at radius 1 is 1.43 bits per heavy atom. The van der Waals surface area contributed by atoms with Crippen LogP contribution in [0.3, 0.4) is 0 Å². The average Bonchev–Trinajstić information content (AvgIpc) is 2.41. The first-order valence-electron chi connectivity index (χ1n) is 4.12. The lowest BCUT2D eigenvalue weighted by molar-refractivity contribution is 0.892. The molecule has 72 valence electrons. The summed E-state index contributed by atoms with van der Waals surface area (Å²) >= 11 is 3.37. The minimum Gasteiger partial charge on any atom is -0.235 e. The predicted molar refractivity (Wildman–Crippen MR) is 57.8 cm³/mol. The van der Waals surface area contributed by atoms with E-state index >= 15 is 0 Å². The summed E-state index contributed by atoms with van der Waals surface area (Å²) in [6, 6.07) is 3.78. The Labute approximate surface area is 89.0 Å². The van der Waals surface area contributed by atoms with Crippen LogP contribution >= 0.6 is 15.9 Å². The number of fused-ring (bicyclic) bond motifs is 1. The maximum atomic E-state index is 10.6. The molecule has 2 aromatic rings. The maximum Gasteiger partial charge on any atom is 0.156 e. The minimum absolute atomic E-state index is 0.411. The Balaban J connectivity index is 2.94. The highest BCUT2D eigenvalue weighted by molar-refractivity contribution is 9.10. The van der Waals surface area contributed by atoms with Gasteiger partial charge in [-0.15, -0.1) is 4.91 Å². The van der Waals surface area contributed by atoms with Crippen molar-refractivity contribution in [1.82, 2.24) is 9.61 Å².